The van der Waals surface area contributed by atoms with Crippen molar-refractivity contribution >= 4 is 21.4 Å². The van der Waals surface area contributed by atoms with Gasteiger partial charge in [-0.25, -0.2) is 8.42 Å². The fourth-order valence-corrected chi connectivity index (χ4v) is 4.45. The van der Waals surface area contributed by atoms with E-state index in [-0.39, 0.29) is 4.90 Å². The molecule has 2 aromatic carbocycles. The Kier molecular flexibility index (Phi) is 3.50. The molecule has 0 bridgehead atoms. The molecule has 1 heterocycles. The SMILES string of the molecule is CN1C(=O)C(S(=O)(=O)c2ccccc2)C(O)c2ccccc21. The molecule has 5 nitrogen and oxygen atoms in total. The molecule has 0 aromatic heterocycles. The van der Waals surface area contributed by atoms with Crippen molar-refractivity contribution in [3.05, 3.63) is 60.2 Å². The summed E-state index contributed by atoms with van der Waals surface area (Å²) in [5, 5.41) is 8.95. The monoisotopic (exact) mass is 317 g/mol. The minimum absolute atomic E-state index is 0.0279. The van der Waals surface area contributed by atoms with Gasteiger partial charge in [0.2, 0.25) is 5.91 Å². The highest BCUT2D eigenvalue weighted by Crippen LogP contribution is 2.38. The molecule has 0 saturated heterocycles. The molecule has 2 atom stereocenters. The first kappa shape index (κ1) is 14.7. The lowest BCUT2D eigenvalue weighted by Crippen LogP contribution is -2.48. The number of benzene rings is 2. The van der Waals surface area contributed by atoms with Crippen LogP contribution in [0.25, 0.3) is 0 Å². The highest BCUT2D eigenvalue weighted by atomic mass is 32.2. The van der Waals surface area contributed by atoms with E-state index in [1.165, 1.54) is 24.1 Å². The first-order chi connectivity index (χ1) is 10.4. The normalized spacial score (nSPS) is 21.5. The van der Waals surface area contributed by atoms with Gasteiger partial charge in [-0.1, -0.05) is 36.4 Å². The number of hydrogen-bond donors (Lipinski definition) is 1. The highest BCUT2D eigenvalue weighted by Gasteiger charge is 2.46. The number of sulfone groups is 1. The van der Waals surface area contributed by atoms with Crippen LogP contribution in [0.4, 0.5) is 5.69 Å². The number of carbonyl (C=O) groups is 1. The second kappa shape index (κ2) is 5.23. The number of hydrogen-bond acceptors (Lipinski definition) is 4. The van der Waals surface area contributed by atoms with Crippen LogP contribution in [0.1, 0.15) is 11.7 Å². The fraction of sp³-hybridized carbons (Fsp3) is 0.188. The molecule has 0 saturated carbocycles. The van der Waals surface area contributed by atoms with E-state index in [4.69, 9.17) is 0 Å². The van der Waals surface area contributed by atoms with Crippen molar-refractivity contribution in [3.63, 3.8) is 0 Å². The van der Waals surface area contributed by atoms with Gasteiger partial charge in [0.1, 0.15) is 6.10 Å². The van der Waals surface area contributed by atoms with Gasteiger partial charge in [-0.3, -0.25) is 4.79 Å². The van der Waals surface area contributed by atoms with Crippen LogP contribution in [0.5, 0.6) is 0 Å². The molecule has 2 aromatic rings. The lowest BCUT2D eigenvalue weighted by atomic mass is 9.98. The summed E-state index contributed by atoms with van der Waals surface area (Å²) >= 11 is 0. The first-order valence-electron chi connectivity index (χ1n) is 6.78. The maximum atomic E-state index is 12.8. The van der Waals surface area contributed by atoms with Crippen LogP contribution >= 0.6 is 0 Å². The minimum atomic E-state index is -3.98. The molecule has 114 valence electrons. The van der Waals surface area contributed by atoms with Gasteiger partial charge in [0, 0.05) is 18.3 Å². The third-order valence-electron chi connectivity index (χ3n) is 3.88. The van der Waals surface area contributed by atoms with E-state index in [0.29, 0.717) is 11.3 Å². The van der Waals surface area contributed by atoms with Gasteiger partial charge in [0.15, 0.2) is 15.1 Å². The second-order valence-electron chi connectivity index (χ2n) is 5.18. The number of para-hydroxylation sites is 1. The number of carbonyl (C=O) groups excluding carboxylic acids is 1. The van der Waals surface area contributed by atoms with Crippen LogP contribution in [0.2, 0.25) is 0 Å². The lowest BCUT2D eigenvalue weighted by Gasteiger charge is -2.34. The standard InChI is InChI=1S/C16H15NO4S/c1-17-13-10-6-5-9-12(13)14(18)15(16(17)19)22(20,21)11-7-3-2-4-8-11/h2-10,14-15,18H,1H3. The van der Waals surface area contributed by atoms with Crippen LogP contribution in [0.3, 0.4) is 0 Å². The van der Waals surface area contributed by atoms with Crippen molar-refractivity contribution in [1.82, 2.24) is 0 Å². The summed E-state index contributed by atoms with van der Waals surface area (Å²) in [5.41, 5.74) is 0.966. The summed E-state index contributed by atoms with van der Waals surface area (Å²) in [7, 11) is -2.46. The topological polar surface area (TPSA) is 74.7 Å². The zero-order valence-corrected chi connectivity index (χ0v) is 12.7. The molecular formula is C16H15NO4S. The van der Waals surface area contributed by atoms with E-state index >= 15 is 0 Å². The van der Waals surface area contributed by atoms with Crippen LogP contribution in [0, 0.1) is 0 Å². The summed E-state index contributed by atoms with van der Waals surface area (Å²) in [5.74, 6) is -0.630. The molecule has 1 N–H and O–H groups in total. The maximum Gasteiger partial charge on any atom is 0.248 e. The molecule has 6 heteroatoms. The number of fused-ring (bicyclic) bond motifs is 1. The average molecular weight is 317 g/mol. The van der Waals surface area contributed by atoms with Gasteiger partial charge >= 0.3 is 0 Å². The number of amides is 1. The molecule has 0 spiro atoms. The molecule has 22 heavy (non-hydrogen) atoms. The zero-order valence-electron chi connectivity index (χ0n) is 11.9. The van der Waals surface area contributed by atoms with Crippen molar-refractivity contribution < 1.29 is 18.3 Å². The molecule has 0 aliphatic carbocycles. The molecule has 1 amide bonds. The molecule has 3 rings (SSSR count). The van der Waals surface area contributed by atoms with E-state index < -0.39 is 27.1 Å². The van der Waals surface area contributed by atoms with Gasteiger partial charge in [-0.15, -0.1) is 0 Å². The summed E-state index contributed by atoms with van der Waals surface area (Å²) in [6, 6.07) is 14.5. The second-order valence-corrected chi connectivity index (χ2v) is 7.25. The zero-order chi connectivity index (χ0) is 15.9. The number of aliphatic hydroxyl groups is 1. The van der Waals surface area contributed by atoms with Crippen LogP contribution < -0.4 is 4.90 Å². The number of nitrogens with zero attached hydrogens (tertiary/aromatic N) is 1. The summed E-state index contributed by atoms with van der Waals surface area (Å²) in [6.45, 7) is 0. The summed E-state index contributed by atoms with van der Waals surface area (Å²) < 4.78 is 25.5. The molecule has 2 unspecified atom stereocenters. The van der Waals surface area contributed by atoms with E-state index in [1.807, 2.05) is 0 Å². The Morgan fingerprint density at radius 1 is 1.00 bits per heavy atom. The van der Waals surface area contributed by atoms with Crippen molar-refractivity contribution in [2.75, 3.05) is 11.9 Å². The van der Waals surface area contributed by atoms with Crippen LogP contribution in [-0.2, 0) is 14.6 Å². The Morgan fingerprint density at radius 3 is 2.27 bits per heavy atom. The molecule has 0 radical (unpaired) electrons. The first-order valence-corrected chi connectivity index (χ1v) is 8.32. The summed E-state index contributed by atoms with van der Waals surface area (Å²) in [6.07, 6.45) is -1.38. The van der Waals surface area contributed by atoms with Gasteiger partial charge in [0.25, 0.3) is 0 Å². The Morgan fingerprint density at radius 2 is 1.59 bits per heavy atom. The molecule has 1 aliphatic heterocycles. The van der Waals surface area contributed by atoms with Crippen molar-refractivity contribution in [2.24, 2.45) is 0 Å². The Bertz CT molecular complexity index is 817. The van der Waals surface area contributed by atoms with Crippen molar-refractivity contribution in [2.45, 2.75) is 16.2 Å². The van der Waals surface area contributed by atoms with Crippen LogP contribution in [0.15, 0.2) is 59.5 Å². The third kappa shape index (κ3) is 2.12. The van der Waals surface area contributed by atoms with Gasteiger partial charge in [0.05, 0.1) is 4.90 Å². The Labute approximate surface area is 128 Å². The Balaban J connectivity index is 2.15. The predicted octanol–water partition coefficient (Wildman–Crippen LogP) is 1.54. The van der Waals surface area contributed by atoms with Crippen LogP contribution in [-0.4, -0.2) is 31.7 Å². The number of anilines is 1. The van der Waals surface area contributed by atoms with E-state index in [0.717, 1.165) is 0 Å². The maximum absolute atomic E-state index is 12.8. The van der Waals surface area contributed by atoms with Gasteiger partial charge in [-0.05, 0) is 18.2 Å². The smallest absolute Gasteiger partial charge is 0.248 e. The fourth-order valence-electron chi connectivity index (χ4n) is 2.71. The number of aliphatic hydroxyl groups excluding tert-OH is 1. The molecule has 0 fully saturated rings. The molecule has 1 aliphatic rings. The van der Waals surface area contributed by atoms with Gasteiger partial charge in [-0.2, -0.15) is 0 Å². The molecular weight excluding hydrogens is 302 g/mol. The third-order valence-corrected chi connectivity index (χ3v) is 5.94. The van der Waals surface area contributed by atoms with E-state index in [9.17, 15) is 18.3 Å². The average Bonchev–Trinajstić information content (AvgIpc) is 2.53. The van der Waals surface area contributed by atoms with Gasteiger partial charge < -0.3 is 10.0 Å². The van der Waals surface area contributed by atoms with E-state index in [1.54, 1.807) is 42.5 Å². The number of rotatable bonds is 2. The lowest BCUT2D eigenvalue weighted by molar-refractivity contribution is -0.120. The minimum Gasteiger partial charge on any atom is -0.386 e. The largest absolute Gasteiger partial charge is 0.386 e. The van der Waals surface area contributed by atoms with Crippen molar-refractivity contribution in [1.29, 1.82) is 0 Å². The quantitative estimate of drug-likeness (QED) is 0.912. The summed E-state index contributed by atoms with van der Waals surface area (Å²) in [4.78, 5) is 13.8. The highest BCUT2D eigenvalue weighted by molar-refractivity contribution is 7.92. The van der Waals surface area contributed by atoms with Crippen molar-refractivity contribution in [3.8, 4) is 0 Å². The predicted molar refractivity (Wildman–Crippen MR) is 82.2 cm³/mol. The Hall–Kier alpha value is -2.18. The van der Waals surface area contributed by atoms with E-state index in [2.05, 4.69) is 0 Å².